The first-order valence-electron chi connectivity index (χ1n) is 21.3. The predicted molar refractivity (Wildman–Crippen MR) is 264 cm³/mol. The first-order valence-corrected chi connectivity index (χ1v) is 21.3. The van der Waals surface area contributed by atoms with E-state index in [1.807, 2.05) is 0 Å². The molecule has 0 radical (unpaired) electrons. The van der Waals surface area contributed by atoms with Gasteiger partial charge in [-0.25, -0.2) is 0 Å². The van der Waals surface area contributed by atoms with Crippen LogP contribution in [0.15, 0.2) is 243 Å². The first kappa shape index (κ1) is 35.7. The second-order valence-electron chi connectivity index (χ2n) is 16.1. The second-order valence-corrected chi connectivity index (χ2v) is 16.1. The SMILES string of the molecule is c1ccc(-c2ccc(N(c3ccc(-c4cccc5cccc(-c6ccccc6)c45)cc3)c3ccc4c(ccc5c4c4ccccc4n5-c4ccccc4)c3)c3ccccc23)cc1. The molecule has 0 amide bonds. The van der Waals surface area contributed by atoms with Crippen LogP contribution in [0.4, 0.5) is 17.1 Å². The Morgan fingerprint density at radius 2 is 0.871 bits per heavy atom. The van der Waals surface area contributed by atoms with E-state index < -0.39 is 0 Å². The van der Waals surface area contributed by atoms with Crippen LogP contribution in [-0.2, 0) is 0 Å². The van der Waals surface area contributed by atoms with Gasteiger partial charge in [-0.2, -0.15) is 0 Å². The minimum Gasteiger partial charge on any atom is -0.310 e. The van der Waals surface area contributed by atoms with E-state index in [2.05, 4.69) is 252 Å². The Labute approximate surface area is 360 Å². The molecule has 11 aromatic carbocycles. The molecule has 0 atom stereocenters. The van der Waals surface area contributed by atoms with Crippen molar-refractivity contribution < 1.29 is 0 Å². The largest absolute Gasteiger partial charge is 0.310 e. The van der Waals surface area contributed by atoms with E-state index in [1.165, 1.54) is 87.5 Å². The molecule has 12 rings (SSSR count). The van der Waals surface area contributed by atoms with Crippen molar-refractivity contribution in [1.29, 1.82) is 0 Å². The Hall–Kier alpha value is -8.20. The third kappa shape index (κ3) is 5.88. The Kier molecular flexibility index (Phi) is 8.53. The molecule has 0 bridgehead atoms. The van der Waals surface area contributed by atoms with Gasteiger partial charge in [0.25, 0.3) is 0 Å². The normalized spacial score (nSPS) is 11.5. The Balaban J connectivity index is 1.05. The van der Waals surface area contributed by atoms with Crippen molar-refractivity contribution in [3.8, 4) is 39.1 Å². The van der Waals surface area contributed by atoms with Gasteiger partial charge in [0.2, 0.25) is 0 Å². The van der Waals surface area contributed by atoms with Gasteiger partial charge in [0.1, 0.15) is 0 Å². The lowest BCUT2D eigenvalue weighted by Gasteiger charge is -2.28. The van der Waals surface area contributed by atoms with Gasteiger partial charge in [0.15, 0.2) is 0 Å². The topological polar surface area (TPSA) is 8.17 Å². The van der Waals surface area contributed by atoms with Crippen molar-refractivity contribution >= 4 is 71.2 Å². The molecule has 0 spiro atoms. The Bertz CT molecular complexity index is 3600. The molecule has 0 saturated heterocycles. The number of benzene rings is 11. The molecule has 0 aliphatic heterocycles. The molecule has 2 heteroatoms. The van der Waals surface area contributed by atoms with Crippen LogP contribution < -0.4 is 4.90 Å². The van der Waals surface area contributed by atoms with Crippen LogP contribution in [-0.4, -0.2) is 4.57 Å². The number of para-hydroxylation sites is 2. The molecule has 1 aromatic heterocycles. The van der Waals surface area contributed by atoms with Crippen molar-refractivity contribution in [3.05, 3.63) is 243 Å². The van der Waals surface area contributed by atoms with Gasteiger partial charge in [0.05, 0.1) is 16.7 Å². The average Bonchev–Trinajstić information content (AvgIpc) is 3.69. The fourth-order valence-corrected chi connectivity index (χ4v) is 9.78. The molecule has 2 nitrogen and oxygen atoms in total. The molecule has 0 aliphatic carbocycles. The number of nitrogens with zero attached hydrogens (tertiary/aromatic N) is 2. The molecule has 290 valence electrons. The average molecular weight is 789 g/mol. The van der Waals surface area contributed by atoms with Crippen molar-refractivity contribution in [2.45, 2.75) is 0 Å². The van der Waals surface area contributed by atoms with E-state index in [-0.39, 0.29) is 0 Å². The summed E-state index contributed by atoms with van der Waals surface area (Å²) in [5.41, 5.74) is 14.2. The van der Waals surface area contributed by atoms with Crippen LogP contribution in [0.3, 0.4) is 0 Å². The van der Waals surface area contributed by atoms with Crippen LogP contribution in [0.1, 0.15) is 0 Å². The van der Waals surface area contributed by atoms with Gasteiger partial charge in [-0.05, 0) is 115 Å². The predicted octanol–water partition coefficient (Wildman–Crippen LogP) is 16.7. The second kappa shape index (κ2) is 14.8. The van der Waals surface area contributed by atoms with Crippen LogP contribution >= 0.6 is 0 Å². The van der Waals surface area contributed by atoms with Gasteiger partial charge in [0, 0.05) is 33.2 Å². The fourth-order valence-electron chi connectivity index (χ4n) is 9.78. The van der Waals surface area contributed by atoms with Crippen molar-refractivity contribution in [1.82, 2.24) is 4.57 Å². The zero-order chi connectivity index (χ0) is 41.0. The van der Waals surface area contributed by atoms with Crippen LogP contribution in [0, 0.1) is 0 Å². The summed E-state index contributed by atoms with van der Waals surface area (Å²) in [5, 5.41) is 9.87. The maximum atomic E-state index is 2.44. The summed E-state index contributed by atoms with van der Waals surface area (Å²) in [5.74, 6) is 0. The van der Waals surface area contributed by atoms with E-state index in [1.54, 1.807) is 0 Å². The fraction of sp³-hybridized carbons (Fsp3) is 0. The quantitative estimate of drug-likeness (QED) is 0.156. The number of rotatable bonds is 7. The highest BCUT2D eigenvalue weighted by atomic mass is 15.1. The van der Waals surface area contributed by atoms with Gasteiger partial charge >= 0.3 is 0 Å². The molecule has 12 aromatic rings. The van der Waals surface area contributed by atoms with Crippen LogP contribution in [0.5, 0.6) is 0 Å². The number of anilines is 3. The minimum atomic E-state index is 1.09. The Morgan fingerprint density at radius 1 is 0.290 bits per heavy atom. The van der Waals surface area contributed by atoms with Gasteiger partial charge < -0.3 is 9.47 Å². The lowest BCUT2D eigenvalue weighted by atomic mass is 9.91. The minimum absolute atomic E-state index is 1.09. The molecule has 0 fully saturated rings. The number of hydrogen-bond acceptors (Lipinski definition) is 1. The maximum Gasteiger partial charge on any atom is 0.0547 e. The zero-order valence-corrected chi connectivity index (χ0v) is 34.0. The first-order chi connectivity index (χ1) is 30.8. The molecule has 0 aliphatic rings. The number of hydrogen-bond donors (Lipinski definition) is 0. The smallest absolute Gasteiger partial charge is 0.0547 e. The molecule has 0 saturated carbocycles. The lowest BCUT2D eigenvalue weighted by molar-refractivity contribution is 1.18. The summed E-state index contributed by atoms with van der Waals surface area (Å²) in [6.45, 7) is 0. The highest BCUT2D eigenvalue weighted by Crippen LogP contribution is 2.45. The maximum absolute atomic E-state index is 2.44. The summed E-state index contributed by atoms with van der Waals surface area (Å²) in [6, 6.07) is 88.4. The highest BCUT2D eigenvalue weighted by Gasteiger charge is 2.20. The molecule has 1 heterocycles. The summed E-state index contributed by atoms with van der Waals surface area (Å²) in [7, 11) is 0. The van der Waals surface area contributed by atoms with Crippen molar-refractivity contribution in [3.63, 3.8) is 0 Å². The van der Waals surface area contributed by atoms with E-state index in [4.69, 9.17) is 0 Å². The third-order valence-corrected chi connectivity index (χ3v) is 12.6. The number of fused-ring (bicyclic) bond motifs is 7. The van der Waals surface area contributed by atoms with E-state index in [0.29, 0.717) is 0 Å². The molecular weight excluding hydrogens is 749 g/mol. The molecule has 0 unspecified atom stereocenters. The summed E-state index contributed by atoms with van der Waals surface area (Å²) < 4.78 is 2.39. The van der Waals surface area contributed by atoms with E-state index >= 15 is 0 Å². The van der Waals surface area contributed by atoms with Gasteiger partial charge in [-0.1, -0.05) is 188 Å². The van der Waals surface area contributed by atoms with E-state index in [9.17, 15) is 0 Å². The highest BCUT2D eigenvalue weighted by molar-refractivity contribution is 6.22. The Morgan fingerprint density at radius 3 is 1.58 bits per heavy atom. The van der Waals surface area contributed by atoms with Crippen molar-refractivity contribution in [2.75, 3.05) is 4.90 Å². The van der Waals surface area contributed by atoms with Crippen LogP contribution in [0.25, 0.3) is 93.2 Å². The van der Waals surface area contributed by atoms with Gasteiger partial charge in [-0.3, -0.25) is 0 Å². The monoisotopic (exact) mass is 788 g/mol. The summed E-state index contributed by atoms with van der Waals surface area (Å²) in [4.78, 5) is 2.44. The molecule has 0 N–H and O–H groups in total. The van der Waals surface area contributed by atoms with Gasteiger partial charge in [-0.15, -0.1) is 0 Å². The number of aromatic nitrogens is 1. The van der Waals surface area contributed by atoms with Crippen molar-refractivity contribution in [2.24, 2.45) is 0 Å². The summed E-state index contributed by atoms with van der Waals surface area (Å²) >= 11 is 0. The molecule has 62 heavy (non-hydrogen) atoms. The summed E-state index contributed by atoms with van der Waals surface area (Å²) in [6.07, 6.45) is 0. The van der Waals surface area contributed by atoms with Crippen LogP contribution in [0.2, 0.25) is 0 Å². The zero-order valence-electron chi connectivity index (χ0n) is 34.0. The molecular formula is C60H40N2. The third-order valence-electron chi connectivity index (χ3n) is 12.6. The standard InChI is InChI=1S/C60H40N2/c1-4-16-41(17-5-1)49-37-39-57(54-25-11-10-24-53(49)54)61(47-33-30-43(31-34-47)51-28-15-21-44-20-14-27-50(59(44)51)42-18-6-2-7-19-42)48-35-36-52-45(40-48)32-38-58-60(52)55-26-12-13-29-56(55)62(58)46-22-8-3-9-23-46/h1-40H. The lowest BCUT2D eigenvalue weighted by Crippen LogP contribution is -2.10. The van der Waals surface area contributed by atoms with E-state index in [0.717, 1.165) is 22.7 Å².